The van der Waals surface area contributed by atoms with Gasteiger partial charge in [0, 0.05) is 36.6 Å². The largest absolute Gasteiger partial charge is 0.497 e. The van der Waals surface area contributed by atoms with Gasteiger partial charge >= 0.3 is 0 Å². The molecule has 1 aliphatic rings. The molecule has 3 heterocycles. The van der Waals surface area contributed by atoms with Gasteiger partial charge < -0.3 is 10.1 Å². The van der Waals surface area contributed by atoms with E-state index in [0.717, 1.165) is 65.6 Å². The molecule has 1 fully saturated rings. The number of aromatic nitrogens is 2. The van der Waals surface area contributed by atoms with Gasteiger partial charge in [-0.05, 0) is 43.0 Å². The van der Waals surface area contributed by atoms with E-state index in [-0.39, 0.29) is 0 Å². The number of hydrogen-bond donors (Lipinski definition) is 1. The Morgan fingerprint density at radius 3 is 2.50 bits per heavy atom. The van der Waals surface area contributed by atoms with Gasteiger partial charge in [-0.25, -0.2) is 9.97 Å². The minimum atomic E-state index is 0.420. The van der Waals surface area contributed by atoms with Crippen molar-refractivity contribution in [1.82, 2.24) is 14.9 Å². The fraction of sp³-hybridized carbons (Fsp3) is 0.308. The number of rotatable bonds is 6. The van der Waals surface area contributed by atoms with E-state index < -0.39 is 0 Å². The Labute approximate surface area is 193 Å². The monoisotopic (exact) mass is 444 g/mol. The summed E-state index contributed by atoms with van der Waals surface area (Å²) in [5.74, 6) is 2.63. The van der Waals surface area contributed by atoms with Gasteiger partial charge in [-0.3, -0.25) is 4.90 Å². The highest BCUT2D eigenvalue weighted by Crippen LogP contribution is 2.38. The smallest absolute Gasteiger partial charge is 0.139 e. The summed E-state index contributed by atoms with van der Waals surface area (Å²) in [5.41, 5.74) is 3.72. The number of nitrogens with one attached hydrogen (secondary N) is 1. The molecule has 164 valence electrons. The van der Waals surface area contributed by atoms with E-state index in [9.17, 15) is 0 Å². The van der Waals surface area contributed by atoms with Gasteiger partial charge in [-0.1, -0.05) is 42.5 Å². The van der Waals surface area contributed by atoms with Crippen LogP contribution in [0.1, 0.15) is 24.2 Å². The third kappa shape index (κ3) is 4.47. The number of benzene rings is 2. The van der Waals surface area contributed by atoms with Crippen molar-refractivity contribution in [3.05, 3.63) is 71.4 Å². The number of methoxy groups -OCH3 is 1. The fourth-order valence-corrected chi connectivity index (χ4v) is 5.40. The Balaban J connectivity index is 1.34. The van der Waals surface area contributed by atoms with Crippen LogP contribution in [0.2, 0.25) is 0 Å². The van der Waals surface area contributed by atoms with Crippen LogP contribution in [0.25, 0.3) is 21.3 Å². The van der Waals surface area contributed by atoms with Gasteiger partial charge in [0.15, 0.2) is 0 Å². The molecule has 0 bridgehead atoms. The maximum absolute atomic E-state index is 5.32. The zero-order chi connectivity index (χ0) is 21.9. The first-order valence-corrected chi connectivity index (χ1v) is 12.0. The van der Waals surface area contributed by atoms with Crippen molar-refractivity contribution in [2.75, 3.05) is 25.5 Å². The van der Waals surface area contributed by atoms with Crippen LogP contribution >= 0.6 is 11.3 Å². The molecule has 0 saturated carbocycles. The molecule has 0 spiro atoms. The van der Waals surface area contributed by atoms with E-state index in [1.54, 1.807) is 18.4 Å². The number of nitrogens with zero attached hydrogens (tertiary/aromatic N) is 3. The lowest BCUT2D eigenvalue weighted by Gasteiger charge is -2.32. The van der Waals surface area contributed by atoms with Crippen LogP contribution < -0.4 is 10.1 Å². The second kappa shape index (κ2) is 9.27. The summed E-state index contributed by atoms with van der Waals surface area (Å²) in [6, 6.07) is 19.4. The summed E-state index contributed by atoms with van der Waals surface area (Å²) in [4.78, 5) is 13.1. The molecule has 32 heavy (non-hydrogen) atoms. The molecule has 0 unspecified atom stereocenters. The molecular formula is C26H28N4OS. The lowest BCUT2D eigenvalue weighted by Crippen LogP contribution is -2.38. The van der Waals surface area contributed by atoms with E-state index in [2.05, 4.69) is 58.1 Å². The predicted octanol–water partition coefficient (Wildman–Crippen LogP) is 5.75. The van der Waals surface area contributed by atoms with Crippen molar-refractivity contribution in [1.29, 1.82) is 0 Å². The molecule has 6 heteroatoms. The van der Waals surface area contributed by atoms with E-state index >= 15 is 0 Å². The van der Waals surface area contributed by atoms with Crippen molar-refractivity contribution >= 4 is 27.4 Å². The number of thiophene rings is 1. The topological polar surface area (TPSA) is 50.3 Å². The number of likely N-dealkylation sites (tertiary alicyclic amines) is 1. The first-order chi connectivity index (χ1) is 15.7. The van der Waals surface area contributed by atoms with E-state index in [1.807, 2.05) is 19.1 Å². The third-order valence-electron chi connectivity index (χ3n) is 6.12. The molecule has 1 aliphatic heterocycles. The van der Waals surface area contributed by atoms with Crippen molar-refractivity contribution in [2.45, 2.75) is 32.4 Å². The zero-order valence-corrected chi connectivity index (χ0v) is 19.4. The maximum Gasteiger partial charge on any atom is 0.139 e. The molecular weight excluding hydrogens is 416 g/mol. The minimum absolute atomic E-state index is 0.420. The lowest BCUT2D eigenvalue weighted by molar-refractivity contribution is 0.211. The zero-order valence-electron chi connectivity index (χ0n) is 18.5. The van der Waals surface area contributed by atoms with Crippen LogP contribution in [0.4, 0.5) is 5.82 Å². The van der Waals surface area contributed by atoms with E-state index in [4.69, 9.17) is 14.7 Å². The summed E-state index contributed by atoms with van der Waals surface area (Å²) in [6.07, 6.45) is 2.22. The van der Waals surface area contributed by atoms with Crippen LogP contribution in [0.15, 0.2) is 60.0 Å². The molecule has 0 radical (unpaired) electrons. The minimum Gasteiger partial charge on any atom is -0.497 e. The highest BCUT2D eigenvalue weighted by Gasteiger charge is 2.22. The molecule has 4 aromatic rings. The standard InChI is InChI=1S/C26H28N4OS/c1-18-27-25(29-21-12-14-30(15-13-21)16-19-6-4-3-5-7-19)24-23(17-32-26(24)28-18)20-8-10-22(31-2)11-9-20/h3-11,17,21H,12-16H2,1-2H3,(H,27,28,29). The normalized spacial score (nSPS) is 15.2. The number of anilines is 1. The average molecular weight is 445 g/mol. The molecule has 1 saturated heterocycles. The highest BCUT2D eigenvalue weighted by atomic mass is 32.1. The predicted molar refractivity (Wildman–Crippen MR) is 133 cm³/mol. The number of aryl methyl sites for hydroxylation is 1. The van der Waals surface area contributed by atoms with Gasteiger partial charge in [0.25, 0.3) is 0 Å². The Hall–Kier alpha value is -2.96. The van der Waals surface area contributed by atoms with Crippen LogP contribution in [-0.4, -0.2) is 41.1 Å². The first-order valence-electron chi connectivity index (χ1n) is 11.1. The number of ether oxygens (including phenoxy) is 1. The Morgan fingerprint density at radius 1 is 1.03 bits per heavy atom. The average Bonchev–Trinajstić information content (AvgIpc) is 3.25. The van der Waals surface area contributed by atoms with E-state index in [1.165, 1.54) is 11.1 Å². The van der Waals surface area contributed by atoms with Crippen LogP contribution in [0, 0.1) is 6.92 Å². The molecule has 2 aromatic carbocycles. The fourth-order valence-electron chi connectivity index (χ4n) is 4.41. The Kier molecular flexibility index (Phi) is 6.06. The molecule has 2 aromatic heterocycles. The third-order valence-corrected chi connectivity index (χ3v) is 7.00. The number of hydrogen-bond acceptors (Lipinski definition) is 6. The van der Waals surface area contributed by atoms with Crippen molar-refractivity contribution in [3.63, 3.8) is 0 Å². The molecule has 5 nitrogen and oxygen atoms in total. The summed E-state index contributed by atoms with van der Waals surface area (Å²) < 4.78 is 5.32. The molecule has 5 rings (SSSR count). The van der Waals surface area contributed by atoms with Gasteiger partial charge in [-0.15, -0.1) is 11.3 Å². The quantitative estimate of drug-likeness (QED) is 0.410. The van der Waals surface area contributed by atoms with Crippen LogP contribution in [-0.2, 0) is 6.54 Å². The summed E-state index contributed by atoms with van der Waals surface area (Å²) in [6.45, 7) is 5.18. The van der Waals surface area contributed by atoms with E-state index in [0.29, 0.717) is 6.04 Å². The molecule has 0 atom stereocenters. The van der Waals surface area contributed by atoms with Crippen molar-refractivity contribution in [3.8, 4) is 16.9 Å². The van der Waals surface area contributed by atoms with Gasteiger partial charge in [0.1, 0.15) is 22.2 Å². The van der Waals surface area contributed by atoms with Gasteiger partial charge in [0.2, 0.25) is 0 Å². The van der Waals surface area contributed by atoms with Gasteiger partial charge in [-0.2, -0.15) is 0 Å². The SMILES string of the molecule is COc1ccc(-c2csc3nc(C)nc(NC4CCN(Cc5ccccc5)CC4)c23)cc1. The van der Waals surface area contributed by atoms with Crippen molar-refractivity contribution < 1.29 is 4.74 Å². The summed E-state index contributed by atoms with van der Waals surface area (Å²) >= 11 is 1.68. The Morgan fingerprint density at radius 2 is 1.78 bits per heavy atom. The Bertz CT molecular complexity index is 1180. The number of fused-ring (bicyclic) bond motifs is 1. The highest BCUT2D eigenvalue weighted by molar-refractivity contribution is 7.17. The molecule has 1 N–H and O–H groups in total. The second-order valence-electron chi connectivity index (χ2n) is 8.36. The van der Waals surface area contributed by atoms with Crippen LogP contribution in [0.5, 0.6) is 5.75 Å². The van der Waals surface area contributed by atoms with Crippen molar-refractivity contribution in [2.24, 2.45) is 0 Å². The molecule has 0 aliphatic carbocycles. The lowest BCUT2D eigenvalue weighted by atomic mass is 10.0. The number of piperidine rings is 1. The van der Waals surface area contributed by atoms with Gasteiger partial charge in [0.05, 0.1) is 12.5 Å². The summed E-state index contributed by atoms with van der Waals surface area (Å²) in [5, 5.41) is 7.08. The summed E-state index contributed by atoms with van der Waals surface area (Å²) in [7, 11) is 1.69. The second-order valence-corrected chi connectivity index (χ2v) is 9.22. The first kappa shape index (κ1) is 20.9. The molecule has 0 amide bonds. The maximum atomic E-state index is 5.32. The van der Waals surface area contributed by atoms with Crippen LogP contribution in [0.3, 0.4) is 0 Å².